The zero-order valence-electron chi connectivity index (χ0n) is 17.7. The van der Waals surface area contributed by atoms with Crippen LogP contribution in [0, 0.1) is 23.2 Å². The zero-order chi connectivity index (χ0) is 22.5. The van der Waals surface area contributed by atoms with Crippen LogP contribution in [0.15, 0.2) is 24.3 Å². The standard InChI is InChI=1S/C22H28ClN3O4/c1-14(2)8-19(20(28)26-12-15(13-27)9-18(26)11-24)25-21(29)30-22(3,4)16-6-5-7-17(23)10-16/h5-7,10,13-15,18-19H,8-9,12H2,1-4H3,(H,25,29). The van der Waals surface area contributed by atoms with E-state index in [0.29, 0.717) is 17.9 Å². The van der Waals surface area contributed by atoms with Gasteiger partial charge in [0.2, 0.25) is 5.91 Å². The summed E-state index contributed by atoms with van der Waals surface area (Å²) in [4.78, 5) is 38.3. The van der Waals surface area contributed by atoms with Crippen molar-refractivity contribution in [3.63, 3.8) is 0 Å². The van der Waals surface area contributed by atoms with Gasteiger partial charge in [0.15, 0.2) is 0 Å². The number of nitrogens with zero attached hydrogens (tertiary/aromatic N) is 2. The number of nitriles is 1. The molecule has 1 heterocycles. The lowest BCUT2D eigenvalue weighted by Gasteiger charge is -2.30. The van der Waals surface area contributed by atoms with Crippen molar-refractivity contribution in [3.8, 4) is 6.07 Å². The molecule has 1 aliphatic heterocycles. The van der Waals surface area contributed by atoms with Crippen LogP contribution in [0.2, 0.25) is 5.02 Å². The van der Waals surface area contributed by atoms with Crippen molar-refractivity contribution in [2.75, 3.05) is 6.54 Å². The Bertz CT molecular complexity index is 834. The van der Waals surface area contributed by atoms with Gasteiger partial charge in [-0.2, -0.15) is 5.26 Å². The van der Waals surface area contributed by atoms with Crippen molar-refractivity contribution in [1.82, 2.24) is 10.2 Å². The smallest absolute Gasteiger partial charge is 0.408 e. The molecule has 0 radical (unpaired) electrons. The zero-order valence-corrected chi connectivity index (χ0v) is 18.5. The van der Waals surface area contributed by atoms with Gasteiger partial charge >= 0.3 is 6.09 Å². The second-order valence-corrected chi connectivity index (χ2v) is 8.94. The fourth-order valence-corrected chi connectivity index (χ4v) is 3.74. The predicted molar refractivity (Wildman–Crippen MR) is 113 cm³/mol. The van der Waals surface area contributed by atoms with E-state index in [-0.39, 0.29) is 24.3 Å². The lowest BCUT2D eigenvalue weighted by atomic mass is 9.98. The van der Waals surface area contributed by atoms with Gasteiger partial charge in [-0.1, -0.05) is 37.6 Å². The quantitative estimate of drug-likeness (QED) is 0.661. The molecule has 1 aliphatic rings. The fourth-order valence-electron chi connectivity index (χ4n) is 3.55. The number of rotatable bonds is 7. The molecule has 0 aliphatic carbocycles. The molecule has 1 saturated heterocycles. The van der Waals surface area contributed by atoms with Crippen molar-refractivity contribution in [1.29, 1.82) is 5.26 Å². The first-order chi connectivity index (χ1) is 14.1. The molecule has 0 saturated carbocycles. The highest BCUT2D eigenvalue weighted by atomic mass is 35.5. The number of amides is 2. The molecular weight excluding hydrogens is 406 g/mol. The third-order valence-corrected chi connectivity index (χ3v) is 5.36. The highest BCUT2D eigenvalue weighted by Gasteiger charge is 2.39. The third-order valence-electron chi connectivity index (χ3n) is 5.12. The predicted octanol–water partition coefficient (Wildman–Crippen LogP) is 3.66. The summed E-state index contributed by atoms with van der Waals surface area (Å²) in [5.74, 6) is -0.630. The van der Waals surface area contributed by atoms with E-state index < -0.39 is 23.8 Å². The second kappa shape index (κ2) is 9.94. The fraction of sp³-hybridized carbons (Fsp3) is 0.545. The van der Waals surface area contributed by atoms with Gasteiger partial charge < -0.3 is 19.7 Å². The highest BCUT2D eigenvalue weighted by molar-refractivity contribution is 6.30. The van der Waals surface area contributed by atoms with E-state index in [9.17, 15) is 19.6 Å². The van der Waals surface area contributed by atoms with Gasteiger partial charge in [-0.15, -0.1) is 0 Å². The SMILES string of the molecule is CC(C)CC(NC(=O)OC(C)(C)c1cccc(Cl)c1)C(=O)N1CC(C=O)CC1C#N. The Kier molecular flexibility index (Phi) is 7.85. The molecule has 0 aromatic heterocycles. The van der Waals surface area contributed by atoms with E-state index in [4.69, 9.17) is 16.3 Å². The summed E-state index contributed by atoms with van der Waals surface area (Å²) < 4.78 is 5.60. The third kappa shape index (κ3) is 5.96. The molecule has 2 amide bonds. The molecule has 1 aromatic carbocycles. The summed E-state index contributed by atoms with van der Waals surface area (Å²) in [6.45, 7) is 7.52. The first-order valence-electron chi connectivity index (χ1n) is 9.98. The minimum atomic E-state index is -0.966. The Morgan fingerprint density at radius 3 is 2.70 bits per heavy atom. The number of alkyl carbamates (subject to hydrolysis) is 1. The molecule has 0 bridgehead atoms. The average Bonchev–Trinajstić information content (AvgIpc) is 3.09. The molecule has 8 heteroatoms. The maximum Gasteiger partial charge on any atom is 0.408 e. The minimum Gasteiger partial charge on any atom is -0.439 e. The van der Waals surface area contributed by atoms with Crippen molar-refractivity contribution in [2.24, 2.45) is 11.8 Å². The normalized spacial score (nSPS) is 19.8. The van der Waals surface area contributed by atoms with E-state index in [1.807, 2.05) is 13.8 Å². The average molecular weight is 434 g/mol. The van der Waals surface area contributed by atoms with E-state index in [2.05, 4.69) is 11.4 Å². The first kappa shape index (κ1) is 23.7. The van der Waals surface area contributed by atoms with Crippen LogP contribution in [0.5, 0.6) is 0 Å². The van der Waals surface area contributed by atoms with E-state index in [1.54, 1.807) is 38.1 Å². The number of hydrogen-bond acceptors (Lipinski definition) is 5. The summed E-state index contributed by atoms with van der Waals surface area (Å²) in [5.41, 5.74) is -0.249. The lowest BCUT2D eigenvalue weighted by Crippen LogP contribution is -2.51. The van der Waals surface area contributed by atoms with Gasteiger partial charge in [0, 0.05) is 17.5 Å². The van der Waals surface area contributed by atoms with Crippen molar-refractivity contribution in [2.45, 2.75) is 58.2 Å². The lowest BCUT2D eigenvalue weighted by molar-refractivity contribution is -0.134. The first-order valence-corrected chi connectivity index (χ1v) is 10.4. The number of halogens is 1. The molecule has 1 N–H and O–H groups in total. The van der Waals surface area contributed by atoms with Crippen LogP contribution in [-0.4, -0.2) is 41.8 Å². The maximum absolute atomic E-state index is 13.1. The molecule has 2 rings (SSSR count). The van der Waals surface area contributed by atoms with Gasteiger partial charge in [-0.3, -0.25) is 4.79 Å². The molecular formula is C22H28ClN3O4. The largest absolute Gasteiger partial charge is 0.439 e. The van der Waals surface area contributed by atoms with Gasteiger partial charge in [0.25, 0.3) is 0 Å². The Morgan fingerprint density at radius 2 is 2.13 bits per heavy atom. The number of nitrogens with one attached hydrogen (secondary N) is 1. The van der Waals surface area contributed by atoms with Crippen molar-refractivity contribution >= 4 is 29.9 Å². The monoisotopic (exact) mass is 433 g/mol. The van der Waals surface area contributed by atoms with Crippen LogP contribution >= 0.6 is 11.6 Å². The maximum atomic E-state index is 13.1. The second-order valence-electron chi connectivity index (χ2n) is 8.50. The number of carbonyl (C=O) groups is 3. The number of hydrogen-bond donors (Lipinski definition) is 1. The minimum absolute atomic E-state index is 0.116. The van der Waals surface area contributed by atoms with E-state index in [1.165, 1.54) is 4.90 Å². The van der Waals surface area contributed by atoms with Crippen LogP contribution in [0.4, 0.5) is 4.79 Å². The van der Waals surface area contributed by atoms with Crippen LogP contribution < -0.4 is 5.32 Å². The van der Waals surface area contributed by atoms with E-state index in [0.717, 1.165) is 11.8 Å². The van der Waals surface area contributed by atoms with Gasteiger partial charge in [-0.05, 0) is 50.3 Å². The number of benzene rings is 1. The summed E-state index contributed by atoms with van der Waals surface area (Å²) in [7, 11) is 0. The Labute approximate surface area is 182 Å². The van der Waals surface area contributed by atoms with Gasteiger partial charge in [-0.25, -0.2) is 4.79 Å². The molecule has 3 atom stereocenters. The van der Waals surface area contributed by atoms with Crippen LogP contribution in [-0.2, 0) is 19.9 Å². The Morgan fingerprint density at radius 1 is 1.43 bits per heavy atom. The molecule has 1 fully saturated rings. The van der Waals surface area contributed by atoms with Gasteiger partial charge in [0.1, 0.15) is 24.0 Å². The highest BCUT2D eigenvalue weighted by Crippen LogP contribution is 2.27. The molecule has 30 heavy (non-hydrogen) atoms. The Balaban J connectivity index is 2.13. The van der Waals surface area contributed by atoms with Crippen LogP contribution in [0.3, 0.4) is 0 Å². The molecule has 7 nitrogen and oxygen atoms in total. The van der Waals surface area contributed by atoms with Crippen molar-refractivity contribution in [3.05, 3.63) is 34.9 Å². The summed E-state index contributed by atoms with van der Waals surface area (Å²) >= 11 is 6.04. The molecule has 3 unspecified atom stereocenters. The molecule has 0 spiro atoms. The Hall–Kier alpha value is -2.59. The number of ether oxygens (including phenoxy) is 1. The summed E-state index contributed by atoms with van der Waals surface area (Å²) in [6, 6.07) is 7.56. The number of likely N-dealkylation sites (tertiary alicyclic amines) is 1. The number of carbonyl (C=O) groups excluding carboxylic acids is 3. The van der Waals surface area contributed by atoms with E-state index >= 15 is 0 Å². The van der Waals surface area contributed by atoms with Crippen LogP contribution in [0.1, 0.15) is 46.1 Å². The topological polar surface area (TPSA) is 99.5 Å². The van der Waals surface area contributed by atoms with Gasteiger partial charge in [0.05, 0.1) is 6.07 Å². The number of aldehydes is 1. The van der Waals surface area contributed by atoms with Crippen LogP contribution in [0.25, 0.3) is 0 Å². The summed E-state index contributed by atoms with van der Waals surface area (Å²) in [6.07, 6.45) is 0.724. The molecule has 162 valence electrons. The molecule has 1 aromatic rings. The van der Waals surface area contributed by atoms with Crippen molar-refractivity contribution < 1.29 is 19.1 Å². The summed E-state index contributed by atoms with van der Waals surface area (Å²) in [5, 5.41) is 12.5.